The Morgan fingerprint density at radius 3 is 2.47 bits per heavy atom. The Balaban J connectivity index is 2.39. The number of nitrogens with one attached hydrogen (secondary N) is 1. The summed E-state index contributed by atoms with van der Waals surface area (Å²) >= 11 is 0. The summed E-state index contributed by atoms with van der Waals surface area (Å²) in [7, 11) is -3.05. The lowest BCUT2D eigenvalue weighted by atomic mass is 10.0. The molecule has 0 saturated carbocycles. The molecule has 19 heavy (non-hydrogen) atoms. The highest BCUT2D eigenvalue weighted by atomic mass is 32.2. The maximum absolute atomic E-state index is 12.4. The van der Waals surface area contributed by atoms with Gasteiger partial charge in [-0.25, -0.2) is 8.42 Å². The third-order valence-corrected chi connectivity index (χ3v) is 5.73. The number of rotatable bonds is 8. The van der Waals surface area contributed by atoms with Crippen molar-refractivity contribution in [3.05, 3.63) is 0 Å². The van der Waals surface area contributed by atoms with E-state index in [4.69, 9.17) is 0 Å². The van der Waals surface area contributed by atoms with Crippen LogP contribution in [0.2, 0.25) is 0 Å². The molecule has 0 aliphatic carbocycles. The summed E-state index contributed by atoms with van der Waals surface area (Å²) in [4.78, 5) is 0. The van der Waals surface area contributed by atoms with Gasteiger partial charge in [-0.1, -0.05) is 27.7 Å². The van der Waals surface area contributed by atoms with Gasteiger partial charge in [0.05, 0.1) is 5.75 Å². The summed E-state index contributed by atoms with van der Waals surface area (Å²) in [5.74, 6) is 0.718. The van der Waals surface area contributed by atoms with Gasteiger partial charge < -0.3 is 5.32 Å². The largest absolute Gasteiger partial charge is 0.315 e. The van der Waals surface area contributed by atoms with Gasteiger partial charge in [0.2, 0.25) is 10.0 Å². The van der Waals surface area contributed by atoms with Crippen molar-refractivity contribution in [2.45, 2.75) is 65.5 Å². The number of hydrogen-bond donors (Lipinski definition) is 1. The van der Waals surface area contributed by atoms with Crippen molar-refractivity contribution in [2.24, 2.45) is 5.92 Å². The standard InChI is InChI=1S/C14H30N2O2S/c1-12(2)14-8-7-10-16(14)19(17,18)11-6-5-9-15-13(3)4/h12-15H,5-11H2,1-4H3. The average molecular weight is 290 g/mol. The second-order valence-corrected chi connectivity index (χ2v) is 8.24. The van der Waals surface area contributed by atoms with Crippen LogP contribution in [-0.4, -0.2) is 43.6 Å². The first-order valence-electron chi connectivity index (χ1n) is 7.57. The topological polar surface area (TPSA) is 49.4 Å². The maximum atomic E-state index is 12.4. The van der Waals surface area contributed by atoms with Crippen LogP contribution in [0.25, 0.3) is 0 Å². The molecule has 1 saturated heterocycles. The second-order valence-electron chi connectivity index (χ2n) is 6.20. The quantitative estimate of drug-likeness (QED) is 0.697. The minimum atomic E-state index is -3.05. The number of sulfonamides is 1. The molecule has 1 fully saturated rings. The zero-order valence-corrected chi connectivity index (χ0v) is 13.7. The average Bonchev–Trinajstić information content (AvgIpc) is 2.77. The Bertz CT molecular complexity index is 352. The van der Waals surface area contributed by atoms with E-state index in [1.807, 2.05) is 0 Å². The van der Waals surface area contributed by atoms with Gasteiger partial charge >= 0.3 is 0 Å². The molecule has 0 aromatic carbocycles. The molecule has 1 heterocycles. The summed E-state index contributed by atoms with van der Waals surface area (Å²) in [6, 6.07) is 0.694. The second kappa shape index (κ2) is 7.60. The predicted octanol–water partition coefficient (Wildman–Crippen LogP) is 2.21. The summed E-state index contributed by atoms with van der Waals surface area (Å²) in [6.45, 7) is 10.1. The van der Waals surface area contributed by atoms with E-state index in [0.717, 1.165) is 38.8 Å². The van der Waals surface area contributed by atoms with Crippen molar-refractivity contribution in [3.63, 3.8) is 0 Å². The first kappa shape index (κ1) is 16.9. The third-order valence-electron chi connectivity index (χ3n) is 3.76. The molecule has 0 radical (unpaired) electrons. The highest BCUT2D eigenvalue weighted by Crippen LogP contribution is 2.27. The Morgan fingerprint density at radius 1 is 1.21 bits per heavy atom. The van der Waals surface area contributed by atoms with Gasteiger partial charge in [0, 0.05) is 18.6 Å². The molecule has 0 aromatic heterocycles. The summed E-state index contributed by atoms with van der Waals surface area (Å²) in [5.41, 5.74) is 0. The molecule has 1 atom stereocenters. The zero-order chi connectivity index (χ0) is 14.5. The number of hydrogen-bond acceptors (Lipinski definition) is 3. The molecule has 1 unspecified atom stereocenters. The number of nitrogens with zero attached hydrogens (tertiary/aromatic N) is 1. The van der Waals surface area contributed by atoms with Crippen LogP contribution >= 0.6 is 0 Å². The Kier molecular flexibility index (Phi) is 6.77. The highest BCUT2D eigenvalue weighted by Gasteiger charge is 2.35. The minimum absolute atomic E-state index is 0.221. The predicted molar refractivity (Wildman–Crippen MR) is 80.7 cm³/mol. The van der Waals surface area contributed by atoms with Crippen LogP contribution in [0.15, 0.2) is 0 Å². The van der Waals surface area contributed by atoms with E-state index in [9.17, 15) is 8.42 Å². The molecule has 0 aromatic rings. The monoisotopic (exact) mass is 290 g/mol. The first-order chi connectivity index (χ1) is 8.84. The van der Waals surface area contributed by atoms with Gasteiger partial charge in [-0.15, -0.1) is 0 Å². The molecular formula is C14H30N2O2S. The lowest BCUT2D eigenvalue weighted by Crippen LogP contribution is -2.39. The van der Waals surface area contributed by atoms with Crippen molar-refractivity contribution in [2.75, 3.05) is 18.8 Å². The molecule has 0 spiro atoms. The van der Waals surface area contributed by atoms with Gasteiger partial charge in [-0.05, 0) is 38.1 Å². The molecule has 4 nitrogen and oxygen atoms in total. The van der Waals surface area contributed by atoms with Gasteiger partial charge in [-0.2, -0.15) is 4.31 Å². The first-order valence-corrected chi connectivity index (χ1v) is 9.18. The lowest BCUT2D eigenvalue weighted by molar-refractivity contribution is 0.315. The Labute approximate surface area is 119 Å². The fraction of sp³-hybridized carbons (Fsp3) is 1.00. The van der Waals surface area contributed by atoms with Crippen molar-refractivity contribution >= 4 is 10.0 Å². The van der Waals surface area contributed by atoms with E-state index < -0.39 is 10.0 Å². The molecule has 1 aliphatic heterocycles. The molecule has 0 bridgehead atoms. The van der Waals surface area contributed by atoms with E-state index in [0.29, 0.717) is 17.7 Å². The lowest BCUT2D eigenvalue weighted by Gasteiger charge is -2.26. The Hall–Kier alpha value is -0.130. The fourth-order valence-corrected chi connectivity index (χ4v) is 4.67. The van der Waals surface area contributed by atoms with Gasteiger partial charge in [0.15, 0.2) is 0 Å². The van der Waals surface area contributed by atoms with E-state index in [1.54, 1.807) is 4.31 Å². The van der Waals surface area contributed by atoms with Crippen LogP contribution in [0.1, 0.15) is 53.4 Å². The molecule has 114 valence electrons. The Morgan fingerprint density at radius 2 is 1.89 bits per heavy atom. The van der Waals surface area contributed by atoms with Crippen molar-refractivity contribution in [1.82, 2.24) is 9.62 Å². The minimum Gasteiger partial charge on any atom is -0.315 e. The molecule has 1 aliphatic rings. The van der Waals surface area contributed by atoms with Gasteiger partial charge in [-0.3, -0.25) is 0 Å². The van der Waals surface area contributed by atoms with Crippen LogP contribution in [0.5, 0.6) is 0 Å². The third kappa shape index (κ3) is 5.40. The van der Waals surface area contributed by atoms with Crippen molar-refractivity contribution in [3.8, 4) is 0 Å². The fourth-order valence-electron chi connectivity index (χ4n) is 2.69. The molecular weight excluding hydrogens is 260 g/mol. The van der Waals surface area contributed by atoms with Crippen LogP contribution in [0.4, 0.5) is 0 Å². The smallest absolute Gasteiger partial charge is 0.214 e. The normalized spacial score (nSPS) is 21.7. The van der Waals surface area contributed by atoms with Crippen LogP contribution in [-0.2, 0) is 10.0 Å². The molecule has 1 N–H and O–H groups in total. The van der Waals surface area contributed by atoms with E-state index in [2.05, 4.69) is 33.0 Å². The molecule has 0 amide bonds. The van der Waals surface area contributed by atoms with Gasteiger partial charge in [0.25, 0.3) is 0 Å². The molecule has 5 heteroatoms. The molecule has 1 rings (SSSR count). The van der Waals surface area contributed by atoms with E-state index in [1.165, 1.54) is 0 Å². The van der Waals surface area contributed by atoms with E-state index in [-0.39, 0.29) is 6.04 Å². The van der Waals surface area contributed by atoms with Crippen LogP contribution in [0.3, 0.4) is 0 Å². The summed E-state index contributed by atoms with van der Waals surface area (Å²) in [5, 5.41) is 3.32. The summed E-state index contributed by atoms with van der Waals surface area (Å²) < 4.78 is 26.5. The number of unbranched alkanes of at least 4 members (excludes halogenated alkanes) is 1. The van der Waals surface area contributed by atoms with E-state index >= 15 is 0 Å². The van der Waals surface area contributed by atoms with Gasteiger partial charge in [0.1, 0.15) is 0 Å². The maximum Gasteiger partial charge on any atom is 0.214 e. The summed E-state index contributed by atoms with van der Waals surface area (Å²) in [6.07, 6.45) is 3.71. The zero-order valence-electron chi connectivity index (χ0n) is 12.9. The van der Waals surface area contributed by atoms with Crippen molar-refractivity contribution < 1.29 is 8.42 Å². The van der Waals surface area contributed by atoms with Crippen LogP contribution < -0.4 is 5.32 Å². The van der Waals surface area contributed by atoms with Crippen molar-refractivity contribution in [1.29, 1.82) is 0 Å². The SMILES string of the molecule is CC(C)NCCCCS(=O)(=O)N1CCCC1C(C)C. The highest BCUT2D eigenvalue weighted by molar-refractivity contribution is 7.89. The van der Waals surface area contributed by atoms with Crippen LogP contribution in [0, 0.1) is 5.92 Å².